The third-order valence-corrected chi connectivity index (χ3v) is 4.71. The minimum absolute atomic E-state index is 0.554. The van der Waals surface area contributed by atoms with Gasteiger partial charge in [-0.3, -0.25) is 9.98 Å². The normalized spacial score (nSPS) is 12.1. The van der Waals surface area contributed by atoms with E-state index in [1.165, 1.54) is 0 Å². The quantitative estimate of drug-likeness (QED) is 0.608. The Morgan fingerprint density at radius 3 is 2.84 bits per heavy atom. The van der Waals surface area contributed by atoms with Gasteiger partial charge in [-0.25, -0.2) is 4.98 Å². The zero-order chi connectivity index (χ0) is 17.6. The minimum atomic E-state index is 0.554. The van der Waals surface area contributed by atoms with E-state index in [0.717, 1.165) is 38.9 Å². The molecule has 0 fully saturated rings. The molecule has 0 saturated heterocycles. The molecule has 1 aromatic carbocycles. The highest BCUT2D eigenvalue weighted by Gasteiger charge is 2.09. The number of para-hydroxylation sites is 1. The van der Waals surface area contributed by atoms with E-state index in [4.69, 9.17) is 9.72 Å². The van der Waals surface area contributed by atoms with Crippen molar-refractivity contribution in [2.75, 3.05) is 27.2 Å². The molecule has 0 aliphatic rings. The summed E-state index contributed by atoms with van der Waals surface area (Å²) in [5.74, 6) is 0.840. The highest BCUT2D eigenvalue weighted by Crippen LogP contribution is 2.30. The number of hydrogen-bond acceptors (Lipinski definition) is 6. The van der Waals surface area contributed by atoms with Crippen molar-refractivity contribution < 1.29 is 4.74 Å². The van der Waals surface area contributed by atoms with Gasteiger partial charge in [0.25, 0.3) is 0 Å². The van der Waals surface area contributed by atoms with Crippen molar-refractivity contribution in [2.45, 2.75) is 13.5 Å². The maximum atomic E-state index is 5.90. The third-order valence-electron chi connectivity index (χ3n) is 3.71. The minimum Gasteiger partial charge on any atom is -0.490 e. The summed E-state index contributed by atoms with van der Waals surface area (Å²) in [4.78, 5) is 15.8. The largest absolute Gasteiger partial charge is 0.490 e. The molecule has 0 N–H and O–H groups in total. The lowest BCUT2D eigenvalue weighted by molar-refractivity contribution is 0.263. The number of ether oxygens (including phenoxy) is 1. The van der Waals surface area contributed by atoms with E-state index >= 15 is 0 Å². The van der Waals surface area contributed by atoms with Crippen LogP contribution < -0.4 is 4.74 Å². The molecule has 0 aliphatic heterocycles. The van der Waals surface area contributed by atoms with Crippen LogP contribution in [0, 0.1) is 0 Å². The Morgan fingerprint density at radius 2 is 2.08 bits per heavy atom. The van der Waals surface area contributed by atoms with Gasteiger partial charge in [-0.2, -0.15) is 0 Å². The molecule has 0 bridgehead atoms. The first kappa shape index (κ1) is 17.5. The molecule has 6 heteroatoms. The fourth-order valence-corrected chi connectivity index (χ4v) is 3.24. The molecule has 0 spiro atoms. The average Bonchev–Trinajstić information content (AvgIpc) is 3.04. The Hall–Kier alpha value is -2.31. The fraction of sp³-hybridized carbons (Fsp3) is 0.316. The van der Waals surface area contributed by atoms with Crippen LogP contribution in [0.3, 0.4) is 0 Å². The van der Waals surface area contributed by atoms with Gasteiger partial charge in [0, 0.05) is 12.7 Å². The molecule has 130 valence electrons. The van der Waals surface area contributed by atoms with Crippen molar-refractivity contribution in [3.63, 3.8) is 0 Å². The Morgan fingerprint density at radius 1 is 1.20 bits per heavy atom. The number of pyridine rings is 1. The zero-order valence-electron chi connectivity index (χ0n) is 14.8. The molecular formula is C19H22N4OS. The summed E-state index contributed by atoms with van der Waals surface area (Å²) in [5.41, 5.74) is 2.74. The molecular weight excluding hydrogens is 332 g/mol. The van der Waals surface area contributed by atoms with Gasteiger partial charge < -0.3 is 9.64 Å². The second-order valence-corrected chi connectivity index (χ2v) is 7.09. The number of likely N-dealkylation sites (N-methyl/N-ethyl adjacent to an activating group) is 1. The Kier molecular flexibility index (Phi) is 5.73. The molecule has 0 saturated carbocycles. The molecule has 0 amide bonds. The molecule has 0 radical (unpaired) electrons. The standard InChI is InChI=1S/C19H22N4OS/c1-14(15-7-4-5-10-20-15)21-13-18-22-19-16(24-12-11-23(2)3)8-6-9-17(19)25-18/h4-10H,11-13H2,1-3H3. The zero-order valence-corrected chi connectivity index (χ0v) is 15.6. The van der Waals surface area contributed by atoms with Crippen LogP contribution in [0.1, 0.15) is 17.6 Å². The third kappa shape index (κ3) is 4.61. The molecule has 3 rings (SSSR count). The number of nitrogens with zero attached hydrogens (tertiary/aromatic N) is 4. The van der Waals surface area contributed by atoms with Crippen LogP contribution in [0.15, 0.2) is 47.6 Å². The molecule has 3 aromatic rings. The molecule has 0 aliphatic carbocycles. The highest BCUT2D eigenvalue weighted by atomic mass is 32.1. The first-order valence-electron chi connectivity index (χ1n) is 8.22. The van der Waals surface area contributed by atoms with Gasteiger partial charge in [-0.1, -0.05) is 12.1 Å². The van der Waals surface area contributed by atoms with E-state index in [9.17, 15) is 0 Å². The maximum absolute atomic E-state index is 5.90. The van der Waals surface area contributed by atoms with Gasteiger partial charge in [-0.05, 0) is 45.3 Å². The summed E-state index contributed by atoms with van der Waals surface area (Å²) in [5, 5.41) is 0.981. The SMILES string of the molecule is CC(=NCc1nc2c(OCCN(C)C)cccc2s1)c1ccccn1. The number of aliphatic imine (C=N–C) groups is 1. The predicted octanol–water partition coefficient (Wildman–Crippen LogP) is 3.64. The van der Waals surface area contributed by atoms with Crippen LogP contribution in [0.5, 0.6) is 5.75 Å². The number of aromatic nitrogens is 2. The Bertz CT molecular complexity index is 858. The first-order chi connectivity index (χ1) is 12.1. The Balaban J connectivity index is 1.75. The summed E-state index contributed by atoms with van der Waals surface area (Å²) >= 11 is 1.66. The van der Waals surface area contributed by atoms with E-state index in [0.29, 0.717) is 13.2 Å². The van der Waals surface area contributed by atoms with Gasteiger partial charge in [0.05, 0.1) is 22.7 Å². The average molecular weight is 354 g/mol. The van der Waals surface area contributed by atoms with E-state index in [2.05, 4.69) is 20.9 Å². The first-order valence-corrected chi connectivity index (χ1v) is 9.03. The van der Waals surface area contributed by atoms with Crippen LogP contribution in [-0.2, 0) is 6.54 Å². The topological polar surface area (TPSA) is 50.6 Å². The smallest absolute Gasteiger partial charge is 0.146 e. The summed E-state index contributed by atoms with van der Waals surface area (Å²) in [7, 11) is 4.07. The van der Waals surface area contributed by atoms with Crippen molar-refractivity contribution in [2.24, 2.45) is 4.99 Å². The van der Waals surface area contributed by atoms with Crippen molar-refractivity contribution in [1.29, 1.82) is 0 Å². The molecule has 2 heterocycles. The van der Waals surface area contributed by atoms with E-state index in [1.807, 2.05) is 51.4 Å². The number of benzene rings is 1. The summed E-state index contributed by atoms with van der Waals surface area (Å²) < 4.78 is 7.02. The van der Waals surface area contributed by atoms with Crippen LogP contribution in [0.4, 0.5) is 0 Å². The summed E-state index contributed by atoms with van der Waals surface area (Å²) in [6.07, 6.45) is 1.78. The maximum Gasteiger partial charge on any atom is 0.146 e. The number of thiazole rings is 1. The van der Waals surface area contributed by atoms with Gasteiger partial charge in [0.15, 0.2) is 0 Å². The predicted molar refractivity (Wildman–Crippen MR) is 104 cm³/mol. The number of fused-ring (bicyclic) bond motifs is 1. The molecule has 5 nitrogen and oxygen atoms in total. The lowest BCUT2D eigenvalue weighted by Gasteiger charge is -2.11. The van der Waals surface area contributed by atoms with Crippen LogP contribution in [-0.4, -0.2) is 47.8 Å². The molecule has 2 aromatic heterocycles. The number of hydrogen-bond donors (Lipinski definition) is 0. The van der Waals surface area contributed by atoms with Gasteiger partial charge in [0.2, 0.25) is 0 Å². The molecule has 0 atom stereocenters. The molecule has 0 unspecified atom stereocenters. The van der Waals surface area contributed by atoms with E-state index < -0.39 is 0 Å². The van der Waals surface area contributed by atoms with E-state index in [-0.39, 0.29) is 0 Å². The second kappa shape index (κ2) is 8.18. The summed E-state index contributed by atoms with van der Waals surface area (Å²) in [6, 6.07) is 11.9. The van der Waals surface area contributed by atoms with Gasteiger partial charge in [-0.15, -0.1) is 11.3 Å². The summed E-state index contributed by atoms with van der Waals surface area (Å²) in [6.45, 7) is 4.06. The lowest BCUT2D eigenvalue weighted by atomic mass is 10.2. The van der Waals surface area contributed by atoms with Crippen LogP contribution >= 0.6 is 11.3 Å². The van der Waals surface area contributed by atoms with Crippen molar-refractivity contribution >= 4 is 27.3 Å². The van der Waals surface area contributed by atoms with Gasteiger partial charge >= 0.3 is 0 Å². The molecule has 25 heavy (non-hydrogen) atoms. The van der Waals surface area contributed by atoms with Gasteiger partial charge in [0.1, 0.15) is 22.9 Å². The second-order valence-electron chi connectivity index (χ2n) is 5.98. The highest BCUT2D eigenvalue weighted by molar-refractivity contribution is 7.18. The lowest BCUT2D eigenvalue weighted by Crippen LogP contribution is -2.19. The van der Waals surface area contributed by atoms with Crippen LogP contribution in [0.25, 0.3) is 10.2 Å². The van der Waals surface area contributed by atoms with E-state index in [1.54, 1.807) is 17.5 Å². The Labute approximate surface area is 152 Å². The van der Waals surface area contributed by atoms with Crippen LogP contribution in [0.2, 0.25) is 0 Å². The monoisotopic (exact) mass is 354 g/mol. The van der Waals surface area contributed by atoms with Crippen molar-refractivity contribution in [3.8, 4) is 5.75 Å². The van der Waals surface area contributed by atoms with Crippen molar-refractivity contribution in [3.05, 3.63) is 53.3 Å². The fourth-order valence-electron chi connectivity index (χ4n) is 2.34. The number of rotatable bonds is 7. The van der Waals surface area contributed by atoms with Crippen molar-refractivity contribution in [1.82, 2.24) is 14.9 Å².